The van der Waals surface area contributed by atoms with Gasteiger partial charge < -0.3 is 9.84 Å². The number of hydrogen-bond acceptors (Lipinski definition) is 6. The maximum Gasteiger partial charge on any atom is 0.246 e. The molecule has 1 N–H and O–H groups in total. The molecule has 0 radical (unpaired) electrons. The molecule has 26 heavy (non-hydrogen) atoms. The molecule has 140 valence electrons. The predicted octanol–water partition coefficient (Wildman–Crippen LogP) is 1.68. The molecular formula is C16H19ClN4O4S. The van der Waals surface area contributed by atoms with E-state index in [0.717, 1.165) is 0 Å². The number of piperidine rings is 1. The van der Waals surface area contributed by atoms with Crippen LogP contribution in [0.25, 0.3) is 11.4 Å². The number of rotatable bonds is 5. The first-order valence-corrected chi connectivity index (χ1v) is 10.4. The Balaban J connectivity index is 1.54. The van der Waals surface area contributed by atoms with Crippen molar-refractivity contribution in [3.05, 3.63) is 35.2 Å². The molecule has 0 bridgehead atoms. The van der Waals surface area contributed by atoms with E-state index in [1.807, 2.05) is 12.1 Å². The number of hydrogen-bond donors (Lipinski definition) is 1. The third kappa shape index (κ3) is 4.40. The minimum absolute atomic E-state index is 0.114. The van der Waals surface area contributed by atoms with Gasteiger partial charge in [-0.25, -0.2) is 12.7 Å². The molecule has 1 saturated heterocycles. The average molecular weight is 399 g/mol. The Bertz CT molecular complexity index is 891. The molecule has 1 amide bonds. The molecule has 2 aromatic rings. The summed E-state index contributed by atoms with van der Waals surface area (Å²) in [6.45, 7) is 0.824. The van der Waals surface area contributed by atoms with E-state index in [1.54, 1.807) is 12.1 Å². The Kier molecular flexibility index (Phi) is 5.59. The standard InChI is InChI=1S/C16H19ClN4O4S/c1-26(23,24)21-8-6-11(7-9-21)16(22)18-10-14-19-15(20-25-14)12-4-2-3-5-13(12)17/h2-5,11H,6-10H2,1H3,(H,18,22). The highest BCUT2D eigenvalue weighted by atomic mass is 35.5. The van der Waals surface area contributed by atoms with Crippen LogP contribution in [0.2, 0.25) is 5.02 Å². The van der Waals surface area contributed by atoms with Gasteiger partial charge in [0.05, 0.1) is 17.8 Å². The highest BCUT2D eigenvalue weighted by Crippen LogP contribution is 2.25. The molecule has 0 saturated carbocycles. The highest BCUT2D eigenvalue weighted by molar-refractivity contribution is 7.88. The molecule has 0 spiro atoms. The molecule has 1 aromatic heterocycles. The Morgan fingerprint density at radius 3 is 2.69 bits per heavy atom. The largest absolute Gasteiger partial charge is 0.347 e. The maximum atomic E-state index is 12.3. The first-order chi connectivity index (χ1) is 12.3. The van der Waals surface area contributed by atoms with Gasteiger partial charge in [0, 0.05) is 24.6 Å². The van der Waals surface area contributed by atoms with Gasteiger partial charge in [-0.3, -0.25) is 4.79 Å². The number of carbonyl (C=O) groups is 1. The predicted molar refractivity (Wildman–Crippen MR) is 95.7 cm³/mol. The third-order valence-corrected chi connectivity index (χ3v) is 5.92. The number of benzene rings is 1. The number of nitrogens with zero attached hydrogens (tertiary/aromatic N) is 3. The molecule has 0 unspecified atom stereocenters. The molecule has 1 aliphatic rings. The molecule has 8 nitrogen and oxygen atoms in total. The summed E-state index contributed by atoms with van der Waals surface area (Å²) in [6.07, 6.45) is 2.17. The van der Waals surface area contributed by atoms with Crippen molar-refractivity contribution in [2.24, 2.45) is 5.92 Å². The van der Waals surface area contributed by atoms with Crippen LogP contribution in [0.4, 0.5) is 0 Å². The van der Waals surface area contributed by atoms with Gasteiger partial charge in [0.25, 0.3) is 0 Å². The molecule has 1 aliphatic heterocycles. The molecule has 2 heterocycles. The Labute approximate surface area is 156 Å². The first kappa shape index (κ1) is 18.8. The molecule has 0 atom stereocenters. The average Bonchev–Trinajstić information content (AvgIpc) is 3.08. The van der Waals surface area contributed by atoms with Crippen LogP contribution in [0.15, 0.2) is 28.8 Å². The van der Waals surface area contributed by atoms with Crippen LogP contribution in [0.3, 0.4) is 0 Å². The Morgan fingerprint density at radius 1 is 1.35 bits per heavy atom. The van der Waals surface area contributed by atoms with E-state index in [4.69, 9.17) is 16.1 Å². The van der Waals surface area contributed by atoms with E-state index in [1.165, 1.54) is 10.6 Å². The normalized spacial score (nSPS) is 16.5. The van der Waals surface area contributed by atoms with Crippen molar-refractivity contribution in [1.29, 1.82) is 0 Å². The molecule has 1 fully saturated rings. The summed E-state index contributed by atoms with van der Waals surface area (Å²) in [5.41, 5.74) is 0.656. The number of halogens is 1. The highest BCUT2D eigenvalue weighted by Gasteiger charge is 2.29. The fourth-order valence-electron chi connectivity index (χ4n) is 2.84. The van der Waals surface area contributed by atoms with E-state index in [9.17, 15) is 13.2 Å². The van der Waals surface area contributed by atoms with Crippen molar-refractivity contribution in [2.45, 2.75) is 19.4 Å². The van der Waals surface area contributed by atoms with Gasteiger partial charge in [-0.05, 0) is 25.0 Å². The van der Waals surface area contributed by atoms with Gasteiger partial charge in [0.15, 0.2) is 0 Å². The maximum absolute atomic E-state index is 12.3. The Hall–Kier alpha value is -1.97. The van der Waals surface area contributed by atoms with Crippen LogP contribution >= 0.6 is 11.6 Å². The van der Waals surface area contributed by atoms with Crippen LogP contribution in [0.1, 0.15) is 18.7 Å². The van der Waals surface area contributed by atoms with Gasteiger partial charge >= 0.3 is 0 Å². The number of carbonyl (C=O) groups excluding carboxylic acids is 1. The van der Waals surface area contributed by atoms with E-state index in [-0.39, 0.29) is 24.3 Å². The van der Waals surface area contributed by atoms with Crippen molar-refractivity contribution in [2.75, 3.05) is 19.3 Å². The van der Waals surface area contributed by atoms with Crippen molar-refractivity contribution in [1.82, 2.24) is 19.8 Å². The topological polar surface area (TPSA) is 105 Å². The van der Waals surface area contributed by atoms with E-state index in [2.05, 4.69) is 15.5 Å². The summed E-state index contributed by atoms with van der Waals surface area (Å²) in [6, 6.07) is 7.15. The van der Waals surface area contributed by atoms with Crippen LogP contribution in [0.5, 0.6) is 0 Å². The quantitative estimate of drug-likeness (QED) is 0.821. The van der Waals surface area contributed by atoms with E-state index < -0.39 is 10.0 Å². The SMILES string of the molecule is CS(=O)(=O)N1CCC(C(=O)NCc2nc(-c3ccccc3Cl)no2)CC1. The lowest BCUT2D eigenvalue weighted by Crippen LogP contribution is -2.42. The molecule has 1 aromatic carbocycles. The monoisotopic (exact) mass is 398 g/mol. The minimum atomic E-state index is -3.20. The van der Waals surface area contributed by atoms with Crippen molar-refractivity contribution in [3.8, 4) is 11.4 Å². The lowest BCUT2D eigenvalue weighted by molar-refractivity contribution is -0.126. The summed E-state index contributed by atoms with van der Waals surface area (Å²) in [7, 11) is -3.20. The van der Waals surface area contributed by atoms with E-state index in [0.29, 0.717) is 42.3 Å². The molecule has 0 aliphatic carbocycles. The summed E-state index contributed by atoms with van der Waals surface area (Å²) in [4.78, 5) is 16.5. The fourth-order valence-corrected chi connectivity index (χ4v) is 3.93. The lowest BCUT2D eigenvalue weighted by Gasteiger charge is -2.29. The number of aromatic nitrogens is 2. The van der Waals surface area contributed by atoms with Crippen LogP contribution < -0.4 is 5.32 Å². The second-order valence-corrected chi connectivity index (χ2v) is 8.54. The van der Waals surface area contributed by atoms with E-state index >= 15 is 0 Å². The van der Waals surface area contributed by atoms with Gasteiger partial charge in [-0.1, -0.05) is 28.9 Å². The summed E-state index contributed by atoms with van der Waals surface area (Å²) in [5, 5.41) is 7.16. The Morgan fingerprint density at radius 2 is 2.04 bits per heavy atom. The fraction of sp³-hybridized carbons (Fsp3) is 0.438. The summed E-state index contributed by atoms with van der Waals surface area (Å²) >= 11 is 6.10. The number of nitrogens with one attached hydrogen (secondary N) is 1. The van der Waals surface area contributed by atoms with Gasteiger partial charge in [0.1, 0.15) is 0 Å². The van der Waals surface area contributed by atoms with Crippen molar-refractivity contribution >= 4 is 27.5 Å². The molecule has 3 rings (SSSR count). The van der Waals surface area contributed by atoms with Crippen LogP contribution in [-0.2, 0) is 21.4 Å². The minimum Gasteiger partial charge on any atom is -0.347 e. The number of sulfonamides is 1. The summed E-state index contributed by atoms with van der Waals surface area (Å²) < 4.78 is 29.6. The number of amides is 1. The summed E-state index contributed by atoms with van der Waals surface area (Å²) in [5.74, 6) is 0.276. The second-order valence-electron chi connectivity index (χ2n) is 6.15. The van der Waals surface area contributed by atoms with Gasteiger partial charge in [-0.2, -0.15) is 4.98 Å². The van der Waals surface area contributed by atoms with Crippen molar-refractivity contribution < 1.29 is 17.7 Å². The zero-order chi connectivity index (χ0) is 18.7. The zero-order valence-electron chi connectivity index (χ0n) is 14.2. The first-order valence-electron chi connectivity index (χ1n) is 8.15. The third-order valence-electron chi connectivity index (χ3n) is 4.29. The molecule has 10 heteroatoms. The van der Waals surface area contributed by atoms with Gasteiger partial charge in [-0.15, -0.1) is 0 Å². The van der Waals surface area contributed by atoms with Gasteiger partial charge in [0.2, 0.25) is 27.6 Å². The van der Waals surface area contributed by atoms with Crippen molar-refractivity contribution in [3.63, 3.8) is 0 Å². The van der Waals surface area contributed by atoms with Crippen LogP contribution in [0, 0.1) is 5.92 Å². The zero-order valence-corrected chi connectivity index (χ0v) is 15.8. The lowest BCUT2D eigenvalue weighted by atomic mass is 9.97. The second kappa shape index (κ2) is 7.73. The van der Waals surface area contributed by atoms with Crippen LogP contribution in [-0.4, -0.2) is 48.1 Å². The smallest absolute Gasteiger partial charge is 0.246 e. The molecular weight excluding hydrogens is 380 g/mol.